The molecule has 0 unspecified atom stereocenters. The van der Waals surface area contributed by atoms with Gasteiger partial charge in [0.25, 0.3) is 0 Å². The van der Waals surface area contributed by atoms with Crippen molar-refractivity contribution >= 4 is 29.1 Å². The van der Waals surface area contributed by atoms with Gasteiger partial charge < -0.3 is 14.6 Å². The number of carbonyl (C=O) groups is 2. The van der Waals surface area contributed by atoms with Crippen molar-refractivity contribution in [1.82, 2.24) is 4.90 Å². The van der Waals surface area contributed by atoms with Crippen molar-refractivity contribution in [3.05, 3.63) is 52.9 Å². The van der Waals surface area contributed by atoms with Crippen molar-refractivity contribution in [3.8, 4) is 0 Å². The van der Waals surface area contributed by atoms with Crippen LogP contribution in [0.15, 0.2) is 41.0 Å². The van der Waals surface area contributed by atoms with Gasteiger partial charge in [-0.3, -0.25) is 9.59 Å². The van der Waals surface area contributed by atoms with Gasteiger partial charge >= 0.3 is 0 Å². The monoisotopic (exact) mass is 332 g/mol. The molecule has 3 rings (SSSR count). The van der Waals surface area contributed by atoms with E-state index in [0.717, 1.165) is 5.56 Å². The van der Waals surface area contributed by atoms with E-state index in [1.807, 2.05) is 19.1 Å². The average molecular weight is 333 g/mol. The van der Waals surface area contributed by atoms with E-state index < -0.39 is 0 Å². The van der Waals surface area contributed by atoms with Gasteiger partial charge in [-0.1, -0.05) is 17.7 Å². The lowest BCUT2D eigenvalue weighted by Crippen LogP contribution is -2.28. The SMILES string of the molecule is Cc1ccc(Cl)cc1NC(=O)[C@@H]1CC(=O)N(Cc2ccco2)C1. The second-order valence-electron chi connectivity index (χ2n) is 5.70. The number of nitrogens with one attached hydrogen (secondary N) is 1. The number of anilines is 1. The molecule has 1 saturated heterocycles. The predicted octanol–water partition coefficient (Wildman–Crippen LogP) is 3.23. The highest BCUT2D eigenvalue weighted by molar-refractivity contribution is 6.31. The molecule has 0 spiro atoms. The van der Waals surface area contributed by atoms with Gasteiger partial charge in [0, 0.05) is 23.7 Å². The minimum absolute atomic E-state index is 0.0376. The number of furan rings is 1. The molecule has 2 aromatic rings. The quantitative estimate of drug-likeness (QED) is 0.935. The van der Waals surface area contributed by atoms with Crippen LogP contribution in [0.25, 0.3) is 0 Å². The molecule has 2 amide bonds. The third kappa shape index (κ3) is 3.56. The van der Waals surface area contributed by atoms with Crippen LogP contribution in [-0.2, 0) is 16.1 Å². The molecule has 1 aromatic carbocycles. The van der Waals surface area contributed by atoms with E-state index in [2.05, 4.69) is 5.32 Å². The van der Waals surface area contributed by atoms with Crippen LogP contribution in [-0.4, -0.2) is 23.3 Å². The van der Waals surface area contributed by atoms with Crippen LogP contribution in [0.1, 0.15) is 17.7 Å². The number of carbonyl (C=O) groups excluding carboxylic acids is 2. The first-order chi connectivity index (χ1) is 11.0. The summed E-state index contributed by atoms with van der Waals surface area (Å²) in [6.45, 7) is 2.69. The van der Waals surface area contributed by atoms with E-state index in [4.69, 9.17) is 16.0 Å². The highest BCUT2D eigenvalue weighted by Gasteiger charge is 2.34. The van der Waals surface area contributed by atoms with Crippen molar-refractivity contribution in [2.75, 3.05) is 11.9 Å². The van der Waals surface area contributed by atoms with Crippen LogP contribution < -0.4 is 5.32 Å². The number of aryl methyl sites for hydroxylation is 1. The maximum atomic E-state index is 12.4. The number of nitrogens with zero attached hydrogens (tertiary/aromatic N) is 1. The van der Waals surface area contributed by atoms with Crippen molar-refractivity contribution in [2.45, 2.75) is 19.9 Å². The highest BCUT2D eigenvalue weighted by Crippen LogP contribution is 2.24. The maximum absolute atomic E-state index is 12.4. The number of halogens is 1. The molecule has 1 aliphatic rings. The minimum Gasteiger partial charge on any atom is -0.467 e. The van der Waals surface area contributed by atoms with Crippen molar-refractivity contribution in [3.63, 3.8) is 0 Å². The van der Waals surface area contributed by atoms with Crippen LogP contribution in [0.2, 0.25) is 5.02 Å². The van der Waals surface area contributed by atoms with Crippen LogP contribution >= 0.6 is 11.6 Å². The highest BCUT2D eigenvalue weighted by atomic mass is 35.5. The molecule has 1 aromatic heterocycles. The smallest absolute Gasteiger partial charge is 0.229 e. The fraction of sp³-hybridized carbons (Fsp3) is 0.294. The molecule has 1 atom stereocenters. The number of amides is 2. The van der Waals surface area contributed by atoms with Gasteiger partial charge in [-0.15, -0.1) is 0 Å². The number of hydrogen-bond donors (Lipinski definition) is 1. The second-order valence-corrected chi connectivity index (χ2v) is 6.14. The Balaban J connectivity index is 1.64. The lowest BCUT2D eigenvalue weighted by Gasteiger charge is -2.15. The van der Waals surface area contributed by atoms with E-state index >= 15 is 0 Å². The first kappa shape index (κ1) is 15.6. The van der Waals surface area contributed by atoms with Crippen LogP contribution in [0.5, 0.6) is 0 Å². The zero-order chi connectivity index (χ0) is 16.4. The third-order valence-electron chi connectivity index (χ3n) is 3.97. The zero-order valence-electron chi connectivity index (χ0n) is 12.7. The molecule has 1 fully saturated rings. The topological polar surface area (TPSA) is 62.6 Å². The van der Waals surface area contributed by atoms with Crippen molar-refractivity contribution in [2.24, 2.45) is 5.92 Å². The number of hydrogen-bond acceptors (Lipinski definition) is 3. The summed E-state index contributed by atoms with van der Waals surface area (Å²) in [5, 5.41) is 3.43. The Morgan fingerprint density at radius 1 is 1.43 bits per heavy atom. The van der Waals surface area contributed by atoms with Crippen molar-refractivity contribution < 1.29 is 14.0 Å². The summed E-state index contributed by atoms with van der Waals surface area (Å²) < 4.78 is 5.25. The van der Waals surface area contributed by atoms with Gasteiger partial charge in [-0.25, -0.2) is 0 Å². The fourth-order valence-electron chi connectivity index (χ4n) is 2.65. The number of likely N-dealkylation sites (tertiary alicyclic amines) is 1. The fourth-order valence-corrected chi connectivity index (χ4v) is 2.83. The Labute approximate surface area is 139 Å². The summed E-state index contributed by atoms with van der Waals surface area (Å²) in [5.74, 6) is 0.149. The molecular weight excluding hydrogens is 316 g/mol. The maximum Gasteiger partial charge on any atom is 0.229 e. The average Bonchev–Trinajstić information content (AvgIpc) is 3.14. The molecule has 0 radical (unpaired) electrons. The van der Waals surface area contributed by atoms with Gasteiger partial charge in [-0.05, 0) is 36.8 Å². The molecule has 1 aliphatic heterocycles. The summed E-state index contributed by atoms with van der Waals surface area (Å²) in [6, 6.07) is 8.93. The Morgan fingerprint density at radius 2 is 2.26 bits per heavy atom. The van der Waals surface area contributed by atoms with Crippen LogP contribution in [0.3, 0.4) is 0 Å². The molecule has 0 bridgehead atoms. The molecule has 0 aliphatic carbocycles. The number of benzene rings is 1. The van der Waals surface area contributed by atoms with Gasteiger partial charge in [0.05, 0.1) is 18.7 Å². The molecule has 120 valence electrons. The van der Waals surface area contributed by atoms with E-state index in [0.29, 0.717) is 29.6 Å². The Kier molecular flexibility index (Phi) is 4.39. The molecular formula is C17H17ClN2O3. The minimum atomic E-state index is -0.365. The summed E-state index contributed by atoms with van der Waals surface area (Å²) in [5.41, 5.74) is 1.61. The van der Waals surface area contributed by atoms with Gasteiger partial charge in [0.1, 0.15) is 5.76 Å². The van der Waals surface area contributed by atoms with Gasteiger partial charge in [-0.2, -0.15) is 0 Å². The first-order valence-electron chi connectivity index (χ1n) is 7.40. The zero-order valence-corrected chi connectivity index (χ0v) is 13.5. The molecule has 6 heteroatoms. The van der Waals surface area contributed by atoms with E-state index in [1.165, 1.54) is 0 Å². The second kappa shape index (κ2) is 6.46. The summed E-state index contributed by atoms with van der Waals surface area (Å²) >= 11 is 5.96. The van der Waals surface area contributed by atoms with Gasteiger partial charge in [0.2, 0.25) is 11.8 Å². The standard InChI is InChI=1S/C17H17ClN2O3/c1-11-4-5-13(18)8-15(11)19-17(22)12-7-16(21)20(9-12)10-14-3-2-6-23-14/h2-6,8,12H,7,9-10H2,1H3,(H,19,22)/t12-/m1/s1. The Hall–Kier alpha value is -2.27. The summed E-state index contributed by atoms with van der Waals surface area (Å²) in [4.78, 5) is 26.1. The molecule has 23 heavy (non-hydrogen) atoms. The Morgan fingerprint density at radius 3 is 3.00 bits per heavy atom. The lowest BCUT2D eigenvalue weighted by atomic mass is 10.1. The van der Waals surface area contributed by atoms with Crippen LogP contribution in [0.4, 0.5) is 5.69 Å². The van der Waals surface area contributed by atoms with Crippen molar-refractivity contribution in [1.29, 1.82) is 0 Å². The lowest BCUT2D eigenvalue weighted by molar-refractivity contribution is -0.128. The molecule has 5 nitrogen and oxygen atoms in total. The van der Waals surface area contributed by atoms with Gasteiger partial charge in [0.15, 0.2) is 0 Å². The third-order valence-corrected chi connectivity index (χ3v) is 4.20. The van der Waals surface area contributed by atoms with E-state index in [9.17, 15) is 9.59 Å². The summed E-state index contributed by atoms with van der Waals surface area (Å²) in [7, 11) is 0. The van der Waals surface area contributed by atoms with E-state index in [-0.39, 0.29) is 24.2 Å². The first-order valence-corrected chi connectivity index (χ1v) is 7.78. The largest absolute Gasteiger partial charge is 0.467 e. The predicted molar refractivity (Wildman–Crippen MR) is 87.1 cm³/mol. The van der Waals surface area contributed by atoms with Crippen LogP contribution in [0, 0.1) is 12.8 Å². The molecule has 2 heterocycles. The normalized spacial score (nSPS) is 17.6. The molecule has 1 N–H and O–H groups in total. The number of rotatable bonds is 4. The van der Waals surface area contributed by atoms with E-state index in [1.54, 1.807) is 29.4 Å². The molecule has 0 saturated carbocycles. The Bertz CT molecular complexity index is 727. The summed E-state index contributed by atoms with van der Waals surface area (Å²) in [6.07, 6.45) is 1.79.